The van der Waals surface area contributed by atoms with Crippen LogP contribution in [0.25, 0.3) is 0 Å². The number of carbonyl (C=O) groups excluding carboxylic acids is 1. The van der Waals surface area contributed by atoms with E-state index in [1.165, 1.54) is 0 Å². The highest BCUT2D eigenvalue weighted by Crippen LogP contribution is 2.04. The van der Waals surface area contributed by atoms with Crippen LogP contribution in [-0.2, 0) is 4.74 Å². The number of hydrogen-bond acceptors (Lipinski definition) is 6. The van der Waals surface area contributed by atoms with E-state index in [4.69, 9.17) is 10.6 Å². The first-order chi connectivity index (χ1) is 9.29. The van der Waals surface area contributed by atoms with Gasteiger partial charge in [0.15, 0.2) is 0 Å². The first-order valence-electron chi connectivity index (χ1n) is 6.30. The van der Waals surface area contributed by atoms with Crippen LogP contribution in [0.15, 0.2) is 18.3 Å². The molecule has 1 saturated heterocycles. The topological polar surface area (TPSA) is 92.5 Å². The minimum absolute atomic E-state index is 0.118. The summed E-state index contributed by atoms with van der Waals surface area (Å²) in [5.74, 6) is 5.61. The maximum Gasteiger partial charge on any atom is 0.251 e. The van der Waals surface area contributed by atoms with E-state index >= 15 is 0 Å². The van der Waals surface area contributed by atoms with Gasteiger partial charge in [0.05, 0.1) is 13.2 Å². The third-order valence-electron chi connectivity index (χ3n) is 2.99. The third-order valence-corrected chi connectivity index (χ3v) is 2.99. The lowest BCUT2D eigenvalue weighted by Gasteiger charge is -2.26. The number of nitrogens with one attached hydrogen (secondary N) is 2. The Morgan fingerprint density at radius 1 is 1.47 bits per heavy atom. The molecule has 1 aromatic heterocycles. The summed E-state index contributed by atoms with van der Waals surface area (Å²) >= 11 is 0. The molecule has 1 amide bonds. The molecule has 0 bridgehead atoms. The number of hydrazine groups is 1. The molecule has 1 aromatic rings. The summed E-state index contributed by atoms with van der Waals surface area (Å²) in [4.78, 5) is 18.1. The molecule has 7 nitrogen and oxygen atoms in total. The van der Waals surface area contributed by atoms with Crippen molar-refractivity contribution in [2.45, 2.75) is 0 Å². The van der Waals surface area contributed by atoms with Gasteiger partial charge in [0, 0.05) is 37.9 Å². The SMILES string of the molecule is NNc1cc(C(=O)NCCN2CCOCC2)ccn1. The summed E-state index contributed by atoms with van der Waals surface area (Å²) in [7, 11) is 0. The zero-order chi connectivity index (χ0) is 13.5. The number of carbonyl (C=O) groups is 1. The predicted molar refractivity (Wildman–Crippen MR) is 71.6 cm³/mol. The third kappa shape index (κ3) is 4.16. The molecule has 0 saturated carbocycles. The molecule has 19 heavy (non-hydrogen) atoms. The van der Waals surface area contributed by atoms with E-state index < -0.39 is 0 Å². The fraction of sp³-hybridized carbons (Fsp3) is 0.500. The Kier molecular flexibility index (Phi) is 5.08. The van der Waals surface area contributed by atoms with E-state index in [0.29, 0.717) is 17.9 Å². The lowest BCUT2D eigenvalue weighted by molar-refractivity contribution is 0.0383. The van der Waals surface area contributed by atoms with E-state index in [1.54, 1.807) is 18.3 Å². The van der Waals surface area contributed by atoms with Gasteiger partial charge in [-0.25, -0.2) is 10.8 Å². The lowest BCUT2D eigenvalue weighted by atomic mass is 10.2. The van der Waals surface area contributed by atoms with Crippen LogP contribution in [0.3, 0.4) is 0 Å². The van der Waals surface area contributed by atoms with E-state index in [-0.39, 0.29) is 5.91 Å². The van der Waals surface area contributed by atoms with Crippen LogP contribution >= 0.6 is 0 Å². The van der Waals surface area contributed by atoms with Gasteiger partial charge in [-0.15, -0.1) is 0 Å². The average Bonchev–Trinajstić information content (AvgIpc) is 2.48. The maximum absolute atomic E-state index is 11.9. The van der Waals surface area contributed by atoms with Crippen LogP contribution in [0.4, 0.5) is 5.82 Å². The number of rotatable bonds is 5. The summed E-state index contributed by atoms with van der Waals surface area (Å²) < 4.78 is 5.27. The van der Waals surface area contributed by atoms with Crippen molar-refractivity contribution >= 4 is 11.7 Å². The molecule has 0 spiro atoms. The molecule has 1 fully saturated rings. The van der Waals surface area contributed by atoms with Crippen molar-refractivity contribution in [2.24, 2.45) is 5.84 Å². The van der Waals surface area contributed by atoms with Crippen LogP contribution < -0.4 is 16.6 Å². The molecule has 0 aromatic carbocycles. The summed E-state index contributed by atoms with van der Waals surface area (Å²) in [6, 6.07) is 3.27. The zero-order valence-corrected chi connectivity index (χ0v) is 10.8. The summed E-state index contributed by atoms with van der Waals surface area (Å²) in [6.07, 6.45) is 1.55. The highest BCUT2D eigenvalue weighted by molar-refractivity contribution is 5.94. The van der Waals surface area contributed by atoms with Crippen molar-refractivity contribution in [1.82, 2.24) is 15.2 Å². The Balaban J connectivity index is 1.77. The molecule has 1 aliphatic rings. The molecule has 0 aliphatic carbocycles. The van der Waals surface area contributed by atoms with Crippen molar-refractivity contribution in [2.75, 3.05) is 44.8 Å². The Hall–Kier alpha value is -1.70. The molecular formula is C12H19N5O2. The number of nitrogen functional groups attached to an aromatic ring is 1. The minimum Gasteiger partial charge on any atom is -0.379 e. The second kappa shape index (κ2) is 7.03. The van der Waals surface area contributed by atoms with Crippen LogP contribution in [0, 0.1) is 0 Å². The largest absolute Gasteiger partial charge is 0.379 e. The van der Waals surface area contributed by atoms with Crippen molar-refractivity contribution < 1.29 is 9.53 Å². The van der Waals surface area contributed by atoms with Crippen LogP contribution in [0.2, 0.25) is 0 Å². The molecular weight excluding hydrogens is 246 g/mol. The van der Waals surface area contributed by atoms with Crippen molar-refractivity contribution in [3.63, 3.8) is 0 Å². The molecule has 7 heteroatoms. The number of aromatic nitrogens is 1. The fourth-order valence-corrected chi connectivity index (χ4v) is 1.91. The van der Waals surface area contributed by atoms with Crippen molar-refractivity contribution in [3.05, 3.63) is 23.9 Å². The van der Waals surface area contributed by atoms with E-state index in [0.717, 1.165) is 32.8 Å². The molecule has 0 atom stereocenters. The second-order valence-electron chi connectivity index (χ2n) is 4.28. The molecule has 0 radical (unpaired) electrons. The van der Waals surface area contributed by atoms with E-state index in [1.807, 2.05) is 0 Å². The standard InChI is InChI=1S/C12H19N5O2/c13-16-11-9-10(1-2-14-11)12(18)15-3-4-17-5-7-19-8-6-17/h1-2,9H,3-8,13H2,(H,14,16)(H,15,18). The average molecular weight is 265 g/mol. The minimum atomic E-state index is -0.118. The summed E-state index contributed by atoms with van der Waals surface area (Å²) in [5, 5.41) is 2.88. The van der Waals surface area contributed by atoms with E-state index in [9.17, 15) is 4.79 Å². The molecule has 4 N–H and O–H groups in total. The van der Waals surface area contributed by atoms with Gasteiger partial charge in [-0.05, 0) is 12.1 Å². The van der Waals surface area contributed by atoms with Gasteiger partial charge in [0.1, 0.15) is 5.82 Å². The zero-order valence-electron chi connectivity index (χ0n) is 10.8. The van der Waals surface area contributed by atoms with Gasteiger partial charge >= 0.3 is 0 Å². The summed E-state index contributed by atoms with van der Waals surface area (Å²) in [5.41, 5.74) is 2.96. The summed E-state index contributed by atoms with van der Waals surface area (Å²) in [6.45, 7) is 4.83. The number of anilines is 1. The maximum atomic E-state index is 11.9. The molecule has 1 aliphatic heterocycles. The van der Waals surface area contributed by atoms with Crippen LogP contribution in [0.5, 0.6) is 0 Å². The number of amides is 1. The Morgan fingerprint density at radius 2 is 2.26 bits per heavy atom. The molecule has 2 heterocycles. The second-order valence-corrected chi connectivity index (χ2v) is 4.28. The van der Waals surface area contributed by atoms with Gasteiger partial charge in [-0.1, -0.05) is 0 Å². The van der Waals surface area contributed by atoms with Crippen molar-refractivity contribution in [1.29, 1.82) is 0 Å². The Bertz CT molecular complexity index is 420. The molecule has 0 unspecified atom stereocenters. The quantitative estimate of drug-likeness (QED) is 0.488. The number of ether oxygens (including phenoxy) is 1. The van der Waals surface area contributed by atoms with Gasteiger partial charge < -0.3 is 15.5 Å². The smallest absolute Gasteiger partial charge is 0.251 e. The highest BCUT2D eigenvalue weighted by atomic mass is 16.5. The van der Waals surface area contributed by atoms with Crippen LogP contribution in [0.1, 0.15) is 10.4 Å². The van der Waals surface area contributed by atoms with Gasteiger partial charge in [0.2, 0.25) is 0 Å². The monoisotopic (exact) mass is 265 g/mol. The number of hydrogen-bond donors (Lipinski definition) is 3. The number of pyridine rings is 1. The van der Waals surface area contributed by atoms with Gasteiger partial charge in [-0.3, -0.25) is 9.69 Å². The van der Waals surface area contributed by atoms with Crippen LogP contribution in [-0.4, -0.2) is 55.2 Å². The number of nitrogens with zero attached hydrogens (tertiary/aromatic N) is 2. The first kappa shape index (κ1) is 13.7. The van der Waals surface area contributed by atoms with Gasteiger partial charge in [0.25, 0.3) is 5.91 Å². The number of morpholine rings is 1. The normalized spacial score (nSPS) is 16.1. The predicted octanol–water partition coefficient (Wildman–Crippen LogP) is -0.571. The van der Waals surface area contributed by atoms with E-state index in [2.05, 4.69) is 20.6 Å². The molecule has 104 valence electrons. The Morgan fingerprint density at radius 3 is 3.00 bits per heavy atom. The molecule has 2 rings (SSSR count). The highest BCUT2D eigenvalue weighted by Gasteiger charge is 2.11. The van der Waals surface area contributed by atoms with Gasteiger partial charge in [-0.2, -0.15) is 0 Å². The Labute approximate surface area is 112 Å². The number of nitrogens with two attached hydrogens (primary N) is 1. The first-order valence-corrected chi connectivity index (χ1v) is 6.30. The lowest BCUT2D eigenvalue weighted by Crippen LogP contribution is -2.41. The van der Waals surface area contributed by atoms with Crippen molar-refractivity contribution in [3.8, 4) is 0 Å². The fourth-order valence-electron chi connectivity index (χ4n) is 1.91.